The van der Waals surface area contributed by atoms with Crippen molar-refractivity contribution in [1.29, 1.82) is 0 Å². The molecule has 0 amide bonds. The molecule has 0 atom stereocenters. The van der Waals surface area contributed by atoms with Gasteiger partial charge in [0.15, 0.2) is 5.96 Å². The van der Waals surface area contributed by atoms with Crippen LogP contribution in [0.15, 0.2) is 23.2 Å². The Labute approximate surface area is 127 Å². The second-order valence-electron chi connectivity index (χ2n) is 5.93. The Balaban J connectivity index is 1.53. The number of aliphatic imine (C=N–C) groups is 1. The molecule has 4 heteroatoms. The Morgan fingerprint density at radius 2 is 2.00 bits per heavy atom. The van der Waals surface area contributed by atoms with Gasteiger partial charge in [-0.1, -0.05) is 25.0 Å². The van der Waals surface area contributed by atoms with Gasteiger partial charge in [-0.3, -0.25) is 4.99 Å². The number of nitrogens with zero attached hydrogens (tertiary/aromatic N) is 2. The number of hydrogen-bond donors (Lipinski definition) is 1. The summed E-state index contributed by atoms with van der Waals surface area (Å²) in [6.45, 7) is 3.71. The van der Waals surface area contributed by atoms with Gasteiger partial charge in [0.05, 0.1) is 6.61 Å². The largest absolute Gasteiger partial charge is 0.493 e. The number of nitrogens with two attached hydrogens (primary N) is 1. The summed E-state index contributed by atoms with van der Waals surface area (Å²) in [6.07, 6.45) is 7.09. The third kappa shape index (κ3) is 3.69. The van der Waals surface area contributed by atoms with E-state index in [9.17, 15) is 0 Å². The van der Waals surface area contributed by atoms with E-state index in [1.54, 1.807) is 0 Å². The van der Waals surface area contributed by atoms with E-state index in [0.717, 1.165) is 50.8 Å². The van der Waals surface area contributed by atoms with Gasteiger partial charge in [-0.2, -0.15) is 0 Å². The molecule has 0 spiro atoms. The van der Waals surface area contributed by atoms with Gasteiger partial charge in [-0.05, 0) is 36.5 Å². The number of benzene rings is 1. The van der Waals surface area contributed by atoms with E-state index in [1.807, 2.05) is 0 Å². The van der Waals surface area contributed by atoms with E-state index in [4.69, 9.17) is 10.5 Å². The summed E-state index contributed by atoms with van der Waals surface area (Å²) in [5.74, 6) is 1.77. The molecular formula is C17H25N3O. The summed E-state index contributed by atoms with van der Waals surface area (Å²) in [5, 5.41) is 0. The molecule has 0 radical (unpaired) electrons. The summed E-state index contributed by atoms with van der Waals surface area (Å²) in [7, 11) is 0. The van der Waals surface area contributed by atoms with Gasteiger partial charge in [0.25, 0.3) is 0 Å². The third-order valence-electron chi connectivity index (χ3n) is 4.36. The van der Waals surface area contributed by atoms with Crippen LogP contribution in [0.25, 0.3) is 0 Å². The lowest BCUT2D eigenvalue weighted by Gasteiger charge is -2.21. The van der Waals surface area contributed by atoms with Gasteiger partial charge in [0.1, 0.15) is 5.75 Å². The highest BCUT2D eigenvalue weighted by Crippen LogP contribution is 2.25. The highest BCUT2D eigenvalue weighted by molar-refractivity contribution is 5.78. The summed E-state index contributed by atoms with van der Waals surface area (Å²) in [4.78, 5) is 6.81. The molecule has 0 aromatic heterocycles. The number of rotatable bonds is 3. The molecule has 0 saturated carbocycles. The molecule has 1 fully saturated rings. The van der Waals surface area contributed by atoms with Crippen molar-refractivity contribution in [3.05, 3.63) is 29.3 Å². The molecule has 2 aliphatic heterocycles. The fourth-order valence-corrected chi connectivity index (χ4v) is 3.09. The quantitative estimate of drug-likeness (QED) is 0.686. The van der Waals surface area contributed by atoms with Crippen LogP contribution in [0, 0.1) is 0 Å². The summed E-state index contributed by atoms with van der Waals surface area (Å²) < 4.78 is 5.53. The summed E-state index contributed by atoms with van der Waals surface area (Å²) in [6, 6.07) is 6.47. The lowest BCUT2D eigenvalue weighted by molar-refractivity contribution is 0.357. The van der Waals surface area contributed by atoms with Crippen molar-refractivity contribution in [2.75, 3.05) is 26.2 Å². The lowest BCUT2D eigenvalue weighted by Crippen LogP contribution is -2.38. The van der Waals surface area contributed by atoms with Crippen LogP contribution in [0.5, 0.6) is 5.75 Å². The minimum atomic E-state index is 0.724. The van der Waals surface area contributed by atoms with Gasteiger partial charge in [-0.25, -0.2) is 0 Å². The van der Waals surface area contributed by atoms with Gasteiger partial charge < -0.3 is 15.4 Å². The number of hydrogen-bond acceptors (Lipinski definition) is 2. The van der Waals surface area contributed by atoms with Crippen molar-refractivity contribution in [2.24, 2.45) is 10.7 Å². The van der Waals surface area contributed by atoms with Gasteiger partial charge in [0.2, 0.25) is 0 Å². The average molecular weight is 287 g/mol. The molecule has 1 saturated heterocycles. The molecule has 21 heavy (non-hydrogen) atoms. The van der Waals surface area contributed by atoms with Crippen LogP contribution in [0.3, 0.4) is 0 Å². The van der Waals surface area contributed by atoms with E-state index in [2.05, 4.69) is 28.1 Å². The van der Waals surface area contributed by atoms with Crippen LogP contribution in [-0.2, 0) is 12.8 Å². The van der Waals surface area contributed by atoms with Crippen molar-refractivity contribution >= 4 is 5.96 Å². The van der Waals surface area contributed by atoms with E-state index in [1.165, 1.54) is 36.8 Å². The number of guanidine groups is 1. The topological polar surface area (TPSA) is 50.9 Å². The molecule has 0 unspecified atom stereocenters. The zero-order valence-electron chi connectivity index (χ0n) is 12.7. The number of ether oxygens (including phenoxy) is 1. The molecule has 4 nitrogen and oxygen atoms in total. The van der Waals surface area contributed by atoms with E-state index < -0.39 is 0 Å². The maximum atomic E-state index is 6.13. The Hall–Kier alpha value is -1.71. The molecule has 1 aromatic carbocycles. The average Bonchev–Trinajstić information content (AvgIpc) is 2.79. The first-order valence-electron chi connectivity index (χ1n) is 8.12. The molecule has 3 rings (SSSR count). The van der Waals surface area contributed by atoms with Gasteiger partial charge in [-0.15, -0.1) is 0 Å². The molecule has 114 valence electrons. The smallest absolute Gasteiger partial charge is 0.191 e. The van der Waals surface area contributed by atoms with Gasteiger partial charge in [0, 0.05) is 26.1 Å². The molecule has 0 aliphatic carbocycles. The monoisotopic (exact) mass is 287 g/mol. The Morgan fingerprint density at radius 3 is 2.81 bits per heavy atom. The second kappa shape index (κ2) is 6.83. The Bertz CT molecular complexity index is 505. The van der Waals surface area contributed by atoms with E-state index in [-0.39, 0.29) is 0 Å². The van der Waals surface area contributed by atoms with Crippen LogP contribution < -0.4 is 10.5 Å². The summed E-state index contributed by atoms with van der Waals surface area (Å²) >= 11 is 0. The highest BCUT2D eigenvalue weighted by Gasteiger charge is 2.12. The predicted octanol–water partition coefficient (Wildman–Crippen LogP) is 2.35. The van der Waals surface area contributed by atoms with Crippen LogP contribution in [0.4, 0.5) is 0 Å². The molecule has 0 bridgehead atoms. The van der Waals surface area contributed by atoms with Crippen molar-refractivity contribution in [1.82, 2.24) is 4.90 Å². The molecular weight excluding hydrogens is 262 g/mol. The van der Waals surface area contributed by atoms with Crippen LogP contribution in [-0.4, -0.2) is 37.1 Å². The van der Waals surface area contributed by atoms with Crippen LogP contribution >= 0.6 is 0 Å². The maximum absolute atomic E-state index is 6.13. The molecule has 2 N–H and O–H groups in total. The zero-order valence-corrected chi connectivity index (χ0v) is 12.7. The highest BCUT2D eigenvalue weighted by atomic mass is 16.5. The van der Waals surface area contributed by atoms with E-state index >= 15 is 0 Å². The summed E-state index contributed by atoms with van der Waals surface area (Å²) in [5.41, 5.74) is 8.78. The standard InChI is InChI=1S/C17H25N3O/c18-17(20-10-3-1-2-4-11-20)19-9-7-14-5-6-16-15(13-14)8-12-21-16/h5-6,13H,1-4,7-12H2,(H2,18,19). The van der Waals surface area contributed by atoms with Gasteiger partial charge >= 0.3 is 0 Å². The number of likely N-dealkylation sites (tertiary alicyclic amines) is 1. The third-order valence-corrected chi connectivity index (χ3v) is 4.36. The van der Waals surface area contributed by atoms with E-state index in [0.29, 0.717) is 0 Å². The van der Waals surface area contributed by atoms with Crippen molar-refractivity contribution < 1.29 is 4.74 Å². The molecule has 2 aliphatic rings. The fourth-order valence-electron chi connectivity index (χ4n) is 3.09. The Kier molecular flexibility index (Phi) is 4.63. The van der Waals surface area contributed by atoms with Crippen LogP contribution in [0.2, 0.25) is 0 Å². The first-order chi connectivity index (χ1) is 10.3. The predicted molar refractivity (Wildman–Crippen MR) is 85.9 cm³/mol. The maximum Gasteiger partial charge on any atom is 0.191 e. The number of fused-ring (bicyclic) bond motifs is 1. The van der Waals surface area contributed by atoms with Crippen molar-refractivity contribution in [2.45, 2.75) is 38.5 Å². The normalized spacial score (nSPS) is 19.0. The first-order valence-corrected chi connectivity index (χ1v) is 8.12. The zero-order chi connectivity index (χ0) is 14.5. The SMILES string of the molecule is NC(=NCCc1ccc2c(c1)CCO2)N1CCCCCC1. The second-order valence-corrected chi connectivity index (χ2v) is 5.93. The first kappa shape index (κ1) is 14.2. The molecule has 2 heterocycles. The fraction of sp³-hybridized carbons (Fsp3) is 0.588. The lowest BCUT2D eigenvalue weighted by atomic mass is 10.1. The Morgan fingerprint density at radius 1 is 1.19 bits per heavy atom. The van der Waals surface area contributed by atoms with Crippen LogP contribution in [0.1, 0.15) is 36.8 Å². The molecule has 1 aromatic rings. The van der Waals surface area contributed by atoms with Crippen molar-refractivity contribution in [3.8, 4) is 5.75 Å². The van der Waals surface area contributed by atoms with Crippen molar-refractivity contribution in [3.63, 3.8) is 0 Å². The minimum Gasteiger partial charge on any atom is -0.493 e. The minimum absolute atomic E-state index is 0.724.